The van der Waals surface area contributed by atoms with Gasteiger partial charge >= 0.3 is 0 Å². The van der Waals surface area contributed by atoms with Gasteiger partial charge in [0.25, 0.3) is 0 Å². The molecule has 7 heteroatoms. The van der Waals surface area contributed by atoms with Gasteiger partial charge in [0, 0.05) is 17.7 Å². The van der Waals surface area contributed by atoms with E-state index in [9.17, 15) is 22.3 Å². The van der Waals surface area contributed by atoms with Crippen LogP contribution in [0.2, 0.25) is 0 Å². The van der Waals surface area contributed by atoms with Crippen molar-refractivity contribution in [2.45, 2.75) is 56.1 Å². The Morgan fingerprint density at radius 1 is 1.07 bits per heavy atom. The van der Waals surface area contributed by atoms with E-state index in [2.05, 4.69) is 4.72 Å². The Bertz CT molecular complexity index is 923. The van der Waals surface area contributed by atoms with Gasteiger partial charge in [-0.05, 0) is 67.5 Å². The second-order valence-corrected chi connectivity index (χ2v) is 8.61. The minimum absolute atomic E-state index is 0.169. The number of sulfonamides is 1. The molecule has 0 spiro atoms. The van der Waals surface area contributed by atoms with E-state index in [0.29, 0.717) is 43.2 Å². The fourth-order valence-electron chi connectivity index (χ4n) is 3.49. The van der Waals surface area contributed by atoms with Gasteiger partial charge in [-0.1, -0.05) is 13.0 Å². The minimum Gasteiger partial charge on any atom is -0.393 e. The summed E-state index contributed by atoms with van der Waals surface area (Å²) in [5.41, 5.74) is 1.30. The molecule has 27 heavy (non-hydrogen) atoms. The number of halogens is 2. The summed E-state index contributed by atoms with van der Waals surface area (Å²) in [6.45, 7) is 1.83. The Labute approximate surface area is 158 Å². The van der Waals surface area contributed by atoms with Crippen LogP contribution in [0.5, 0.6) is 0 Å². The van der Waals surface area contributed by atoms with E-state index in [0.717, 1.165) is 6.07 Å². The largest absolute Gasteiger partial charge is 0.393 e. The van der Waals surface area contributed by atoms with Crippen molar-refractivity contribution in [1.82, 2.24) is 4.72 Å². The van der Waals surface area contributed by atoms with E-state index in [1.807, 2.05) is 6.92 Å². The number of nitrogens with one attached hydrogen (secondary N) is 1. The number of aryl methyl sites for hydroxylation is 1. The lowest BCUT2D eigenvalue weighted by Crippen LogP contribution is -2.38. The predicted molar refractivity (Wildman–Crippen MR) is 99.8 cm³/mol. The first-order chi connectivity index (χ1) is 12.8. The Morgan fingerprint density at radius 3 is 2.41 bits per heavy atom. The molecule has 2 N–H and O–H groups in total. The molecule has 146 valence electrons. The summed E-state index contributed by atoms with van der Waals surface area (Å²) in [5, 5.41) is 9.57. The third-order valence-corrected chi connectivity index (χ3v) is 6.61. The van der Waals surface area contributed by atoms with Crippen molar-refractivity contribution in [2.24, 2.45) is 0 Å². The van der Waals surface area contributed by atoms with Crippen LogP contribution in [0.15, 0.2) is 41.3 Å². The van der Waals surface area contributed by atoms with E-state index in [1.165, 1.54) is 24.3 Å². The van der Waals surface area contributed by atoms with E-state index in [4.69, 9.17) is 0 Å². The molecular weight excluding hydrogens is 372 g/mol. The number of aliphatic hydroxyl groups excluding tert-OH is 1. The van der Waals surface area contributed by atoms with Gasteiger partial charge in [0.2, 0.25) is 10.0 Å². The lowest BCUT2D eigenvalue weighted by molar-refractivity contribution is 0.120. The van der Waals surface area contributed by atoms with Crippen LogP contribution in [-0.2, 0) is 16.4 Å². The summed E-state index contributed by atoms with van der Waals surface area (Å²) in [5.74, 6) is -1.35. The summed E-state index contributed by atoms with van der Waals surface area (Å²) in [4.78, 5) is 0.169. The molecule has 0 amide bonds. The van der Waals surface area contributed by atoms with Crippen molar-refractivity contribution in [3.63, 3.8) is 0 Å². The molecule has 1 fully saturated rings. The molecule has 2 aromatic carbocycles. The van der Waals surface area contributed by atoms with Crippen molar-refractivity contribution in [2.75, 3.05) is 0 Å². The van der Waals surface area contributed by atoms with Gasteiger partial charge in [-0.15, -0.1) is 0 Å². The lowest BCUT2D eigenvalue weighted by atomic mass is 9.94. The summed E-state index contributed by atoms with van der Waals surface area (Å²) < 4.78 is 55.6. The third kappa shape index (κ3) is 4.54. The molecule has 4 nitrogen and oxygen atoms in total. The molecule has 3 rings (SSSR count). The van der Waals surface area contributed by atoms with Gasteiger partial charge in [0.1, 0.15) is 11.6 Å². The molecule has 1 saturated carbocycles. The van der Waals surface area contributed by atoms with Crippen LogP contribution in [-0.4, -0.2) is 25.7 Å². The Kier molecular flexibility index (Phi) is 5.93. The summed E-state index contributed by atoms with van der Waals surface area (Å²) in [7, 11) is -3.72. The first-order valence-electron chi connectivity index (χ1n) is 9.09. The zero-order valence-corrected chi connectivity index (χ0v) is 15.9. The average molecular weight is 395 g/mol. The SMILES string of the molecule is CCc1cc(-c2ccc(F)cc2F)ccc1S(=O)(=O)N[C@H]1CC[C@H](O)CC1. The molecular formula is C20H23F2NO3S. The summed E-state index contributed by atoms with van der Waals surface area (Å²) in [6, 6.07) is 7.77. The zero-order valence-electron chi connectivity index (χ0n) is 15.1. The van der Waals surface area contributed by atoms with Crippen molar-refractivity contribution in [3.05, 3.63) is 53.6 Å². The van der Waals surface area contributed by atoms with Crippen LogP contribution in [0.1, 0.15) is 38.2 Å². The maximum atomic E-state index is 14.1. The molecule has 0 radical (unpaired) electrons. The lowest BCUT2D eigenvalue weighted by Gasteiger charge is -2.26. The minimum atomic E-state index is -3.72. The molecule has 0 atom stereocenters. The highest BCUT2D eigenvalue weighted by molar-refractivity contribution is 7.89. The topological polar surface area (TPSA) is 66.4 Å². The molecule has 2 aromatic rings. The van der Waals surface area contributed by atoms with E-state index in [1.54, 1.807) is 6.07 Å². The smallest absolute Gasteiger partial charge is 0.241 e. The van der Waals surface area contributed by atoms with E-state index < -0.39 is 21.7 Å². The van der Waals surface area contributed by atoms with E-state index >= 15 is 0 Å². The second-order valence-electron chi connectivity index (χ2n) is 6.93. The standard InChI is InChI=1S/C20H23F2NO3S/c1-2-13-11-14(18-9-4-15(21)12-19(18)22)3-10-20(13)27(25,26)23-16-5-7-17(24)8-6-16/h3-4,9-12,16-17,23-24H,2,5-8H2,1H3/t16-,17-. The van der Waals surface area contributed by atoms with Gasteiger partial charge < -0.3 is 5.11 Å². The number of hydrogen-bond donors (Lipinski definition) is 2. The summed E-state index contributed by atoms with van der Waals surface area (Å²) >= 11 is 0. The van der Waals surface area contributed by atoms with Crippen molar-refractivity contribution < 1.29 is 22.3 Å². The molecule has 0 heterocycles. The average Bonchev–Trinajstić information content (AvgIpc) is 2.63. The molecule has 1 aliphatic carbocycles. The van der Waals surface area contributed by atoms with Gasteiger partial charge in [0.05, 0.1) is 11.0 Å². The van der Waals surface area contributed by atoms with Crippen LogP contribution >= 0.6 is 0 Å². The van der Waals surface area contributed by atoms with Crippen LogP contribution in [0.4, 0.5) is 8.78 Å². The highest BCUT2D eigenvalue weighted by Gasteiger charge is 2.26. The van der Waals surface area contributed by atoms with Gasteiger partial charge in [-0.2, -0.15) is 0 Å². The fourth-order valence-corrected chi connectivity index (χ4v) is 5.08. The van der Waals surface area contributed by atoms with Gasteiger partial charge in [0.15, 0.2) is 0 Å². The summed E-state index contributed by atoms with van der Waals surface area (Å²) in [6.07, 6.45) is 2.45. The molecule has 0 aromatic heterocycles. The number of benzene rings is 2. The van der Waals surface area contributed by atoms with Crippen molar-refractivity contribution in [3.8, 4) is 11.1 Å². The number of aliphatic hydroxyl groups is 1. The zero-order chi connectivity index (χ0) is 19.6. The Morgan fingerprint density at radius 2 is 1.78 bits per heavy atom. The maximum Gasteiger partial charge on any atom is 0.241 e. The molecule has 0 bridgehead atoms. The number of rotatable bonds is 5. The molecule has 0 unspecified atom stereocenters. The second kappa shape index (κ2) is 8.04. The van der Waals surface area contributed by atoms with Gasteiger partial charge in [-0.3, -0.25) is 0 Å². The Hall–Kier alpha value is -1.83. The van der Waals surface area contributed by atoms with E-state index in [-0.39, 0.29) is 22.6 Å². The first kappa shape index (κ1) is 19.9. The van der Waals surface area contributed by atoms with Crippen molar-refractivity contribution in [1.29, 1.82) is 0 Å². The first-order valence-corrected chi connectivity index (χ1v) is 10.6. The molecule has 0 aliphatic heterocycles. The van der Waals surface area contributed by atoms with Crippen LogP contribution < -0.4 is 4.72 Å². The van der Waals surface area contributed by atoms with Crippen LogP contribution in [0, 0.1) is 11.6 Å². The normalized spacial score (nSPS) is 20.6. The quantitative estimate of drug-likeness (QED) is 0.810. The predicted octanol–water partition coefficient (Wildman–Crippen LogP) is 3.78. The van der Waals surface area contributed by atoms with Gasteiger partial charge in [-0.25, -0.2) is 21.9 Å². The monoisotopic (exact) mass is 395 g/mol. The fraction of sp³-hybridized carbons (Fsp3) is 0.400. The highest BCUT2D eigenvalue weighted by atomic mass is 32.2. The van der Waals surface area contributed by atoms with Crippen LogP contribution in [0.25, 0.3) is 11.1 Å². The Balaban J connectivity index is 1.89. The third-order valence-electron chi connectivity index (χ3n) is 4.99. The highest BCUT2D eigenvalue weighted by Crippen LogP contribution is 2.29. The number of hydrogen-bond acceptors (Lipinski definition) is 3. The van der Waals surface area contributed by atoms with Crippen LogP contribution in [0.3, 0.4) is 0 Å². The molecule has 1 aliphatic rings. The maximum absolute atomic E-state index is 14.1. The molecule has 0 saturated heterocycles. The van der Waals surface area contributed by atoms with Crippen molar-refractivity contribution >= 4 is 10.0 Å².